The van der Waals surface area contributed by atoms with Crippen molar-refractivity contribution in [3.05, 3.63) is 30.3 Å². The van der Waals surface area contributed by atoms with Crippen molar-refractivity contribution in [1.29, 1.82) is 0 Å². The molecule has 1 saturated carbocycles. The SMILES string of the molecule is C#CC[C@H](O)[C@H](O)[C@H](CC1CCCCC1)NCC(NC(=O)CCSc1ccccc1)C(C)C. The fraction of sp³-hybridized carbons (Fsp3) is 0.667. The van der Waals surface area contributed by atoms with E-state index in [9.17, 15) is 15.0 Å². The second-order valence-electron chi connectivity index (χ2n) is 9.55. The summed E-state index contributed by atoms with van der Waals surface area (Å²) in [6.07, 6.45) is 11.0. The standard InChI is InChI=1S/C27H42N2O3S/c1-4-11-25(30)27(32)23(18-21-12-7-5-8-13-21)28-19-24(20(2)3)29-26(31)16-17-33-22-14-9-6-10-15-22/h1,6,9-10,14-15,20-21,23-25,27-28,30,32H,5,7-8,11-13,16-19H2,2-3H3,(H,29,31)/t23-,24?,25-,27+/m0/s1. The summed E-state index contributed by atoms with van der Waals surface area (Å²) in [5, 5.41) is 27.8. The van der Waals surface area contributed by atoms with Crippen LogP contribution < -0.4 is 10.6 Å². The summed E-state index contributed by atoms with van der Waals surface area (Å²) >= 11 is 1.68. The van der Waals surface area contributed by atoms with Crippen LogP contribution in [-0.2, 0) is 4.79 Å². The predicted molar refractivity (Wildman–Crippen MR) is 137 cm³/mol. The molecular formula is C27H42N2O3S. The topological polar surface area (TPSA) is 81.6 Å². The Kier molecular flexibility index (Phi) is 12.9. The Bertz CT molecular complexity index is 716. The molecule has 1 aromatic carbocycles. The maximum atomic E-state index is 12.6. The van der Waals surface area contributed by atoms with Crippen molar-refractivity contribution in [2.75, 3.05) is 12.3 Å². The van der Waals surface area contributed by atoms with Gasteiger partial charge in [-0.05, 0) is 30.4 Å². The fourth-order valence-electron chi connectivity index (χ4n) is 4.42. The van der Waals surface area contributed by atoms with Gasteiger partial charge in [-0.1, -0.05) is 64.2 Å². The summed E-state index contributed by atoms with van der Waals surface area (Å²) in [6, 6.07) is 9.80. The van der Waals surface area contributed by atoms with E-state index in [0.717, 1.165) is 17.1 Å². The Morgan fingerprint density at radius 1 is 1.15 bits per heavy atom. The summed E-state index contributed by atoms with van der Waals surface area (Å²) in [7, 11) is 0. The minimum atomic E-state index is -0.946. The Balaban J connectivity index is 1.88. The fourth-order valence-corrected chi connectivity index (χ4v) is 5.30. The molecule has 1 unspecified atom stereocenters. The van der Waals surface area contributed by atoms with Gasteiger partial charge in [-0.2, -0.15) is 0 Å². The maximum Gasteiger partial charge on any atom is 0.221 e. The number of benzene rings is 1. The van der Waals surface area contributed by atoms with Crippen molar-refractivity contribution >= 4 is 17.7 Å². The van der Waals surface area contributed by atoms with Gasteiger partial charge in [0.15, 0.2) is 0 Å². The highest BCUT2D eigenvalue weighted by atomic mass is 32.2. The van der Waals surface area contributed by atoms with Gasteiger partial charge in [-0.15, -0.1) is 24.1 Å². The molecule has 1 amide bonds. The summed E-state index contributed by atoms with van der Waals surface area (Å²) in [4.78, 5) is 13.7. The number of thioether (sulfide) groups is 1. The van der Waals surface area contributed by atoms with Crippen LogP contribution in [0.15, 0.2) is 35.2 Å². The van der Waals surface area contributed by atoms with Crippen molar-refractivity contribution in [1.82, 2.24) is 10.6 Å². The molecule has 4 atom stereocenters. The Morgan fingerprint density at radius 2 is 1.85 bits per heavy atom. The van der Waals surface area contributed by atoms with Gasteiger partial charge < -0.3 is 20.8 Å². The van der Waals surface area contributed by atoms with Crippen LogP contribution in [0.25, 0.3) is 0 Å². The van der Waals surface area contributed by atoms with Gasteiger partial charge in [0.25, 0.3) is 0 Å². The number of carbonyl (C=O) groups excluding carboxylic acids is 1. The monoisotopic (exact) mass is 474 g/mol. The van der Waals surface area contributed by atoms with Crippen molar-refractivity contribution in [3.63, 3.8) is 0 Å². The van der Waals surface area contributed by atoms with Gasteiger partial charge in [0.05, 0.1) is 12.2 Å². The lowest BCUT2D eigenvalue weighted by Gasteiger charge is -2.34. The summed E-state index contributed by atoms with van der Waals surface area (Å²) in [6.45, 7) is 4.72. The number of hydrogen-bond donors (Lipinski definition) is 4. The van der Waals surface area contributed by atoms with E-state index in [-0.39, 0.29) is 30.3 Å². The summed E-state index contributed by atoms with van der Waals surface area (Å²) in [5.74, 6) is 4.01. The molecule has 1 aliphatic rings. The van der Waals surface area contributed by atoms with Crippen LogP contribution >= 0.6 is 11.8 Å². The van der Waals surface area contributed by atoms with Crippen LogP contribution in [0.3, 0.4) is 0 Å². The zero-order chi connectivity index (χ0) is 24.1. The predicted octanol–water partition coefficient (Wildman–Crippen LogP) is 3.98. The second kappa shape index (κ2) is 15.4. The third kappa shape index (κ3) is 10.5. The van der Waals surface area contributed by atoms with E-state index in [2.05, 4.69) is 42.5 Å². The first-order valence-corrected chi connectivity index (χ1v) is 13.4. The normalized spacial score (nSPS) is 18.3. The molecule has 1 fully saturated rings. The zero-order valence-electron chi connectivity index (χ0n) is 20.2. The molecule has 0 bridgehead atoms. The minimum absolute atomic E-state index is 0.0377. The highest BCUT2D eigenvalue weighted by molar-refractivity contribution is 7.99. The average molecular weight is 475 g/mol. The van der Waals surface area contributed by atoms with Gasteiger partial charge in [-0.25, -0.2) is 0 Å². The van der Waals surface area contributed by atoms with Crippen LogP contribution in [0.2, 0.25) is 0 Å². The van der Waals surface area contributed by atoms with Gasteiger partial charge in [0.1, 0.15) is 0 Å². The third-order valence-electron chi connectivity index (χ3n) is 6.54. The number of aliphatic hydroxyl groups is 2. The average Bonchev–Trinajstić information content (AvgIpc) is 2.81. The first kappa shape index (κ1) is 27.7. The van der Waals surface area contributed by atoms with E-state index in [1.807, 2.05) is 18.2 Å². The molecule has 0 spiro atoms. The largest absolute Gasteiger partial charge is 0.389 e. The number of carbonyl (C=O) groups is 1. The molecule has 0 radical (unpaired) electrons. The molecule has 0 saturated heterocycles. The van der Waals surface area contributed by atoms with Crippen LogP contribution in [0.4, 0.5) is 0 Å². The molecule has 33 heavy (non-hydrogen) atoms. The van der Waals surface area contributed by atoms with Crippen molar-refractivity contribution in [2.45, 2.75) is 94.4 Å². The van der Waals surface area contributed by atoms with E-state index in [1.54, 1.807) is 11.8 Å². The molecule has 0 aliphatic heterocycles. The second-order valence-corrected chi connectivity index (χ2v) is 10.7. The van der Waals surface area contributed by atoms with E-state index in [4.69, 9.17) is 6.42 Å². The highest BCUT2D eigenvalue weighted by Gasteiger charge is 2.30. The molecule has 1 aromatic rings. The molecule has 2 rings (SSSR count). The number of terminal acetylenes is 1. The number of amides is 1. The number of nitrogens with one attached hydrogen (secondary N) is 2. The van der Waals surface area contributed by atoms with Crippen LogP contribution in [0, 0.1) is 24.2 Å². The van der Waals surface area contributed by atoms with Crippen molar-refractivity contribution in [2.24, 2.45) is 11.8 Å². The van der Waals surface area contributed by atoms with Crippen LogP contribution in [-0.4, -0.2) is 52.7 Å². The van der Waals surface area contributed by atoms with Gasteiger partial charge in [0.2, 0.25) is 5.91 Å². The summed E-state index contributed by atoms with van der Waals surface area (Å²) in [5.41, 5.74) is 0. The van der Waals surface area contributed by atoms with Crippen molar-refractivity contribution in [3.8, 4) is 12.3 Å². The Morgan fingerprint density at radius 3 is 2.48 bits per heavy atom. The molecule has 4 N–H and O–H groups in total. The van der Waals surface area contributed by atoms with Crippen molar-refractivity contribution < 1.29 is 15.0 Å². The van der Waals surface area contributed by atoms with E-state index in [1.165, 1.54) is 32.1 Å². The summed E-state index contributed by atoms with van der Waals surface area (Å²) < 4.78 is 0. The smallest absolute Gasteiger partial charge is 0.221 e. The lowest BCUT2D eigenvalue weighted by molar-refractivity contribution is -0.121. The third-order valence-corrected chi connectivity index (χ3v) is 7.55. The quantitative estimate of drug-likeness (QED) is 0.242. The molecule has 184 valence electrons. The zero-order valence-corrected chi connectivity index (χ0v) is 21.0. The van der Waals surface area contributed by atoms with E-state index in [0.29, 0.717) is 18.9 Å². The number of hydrogen-bond acceptors (Lipinski definition) is 5. The highest BCUT2D eigenvalue weighted by Crippen LogP contribution is 2.28. The maximum absolute atomic E-state index is 12.6. The van der Waals surface area contributed by atoms with Gasteiger partial charge in [-0.3, -0.25) is 4.79 Å². The van der Waals surface area contributed by atoms with Gasteiger partial charge >= 0.3 is 0 Å². The molecule has 0 aromatic heterocycles. The molecule has 5 nitrogen and oxygen atoms in total. The number of aliphatic hydroxyl groups excluding tert-OH is 2. The first-order valence-electron chi connectivity index (χ1n) is 12.4. The van der Waals surface area contributed by atoms with Gasteiger partial charge in [0, 0.05) is 42.1 Å². The molecule has 6 heteroatoms. The molecule has 1 aliphatic carbocycles. The van der Waals surface area contributed by atoms with E-state index >= 15 is 0 Å². The Labute approximate surface area is 204 Å². The van der Waals surface area contributed by atoms with E-state index < -0.39 is 12.2 Å². The molecular weight excluding hydrogens is 432 g/mol. The lowest BCUT2D eigenvalue weighted by atomic mass is 9.82. The van der Waals surface area contributed by atoms with Crippen LogP contribution in [0.5, 0.6) is 0 Å². The molecule has 0 heterocycles. The lowest BCUT2D eigenvalue weighted by Crippen LogP contribution is -2.53. The first-order chi connectivity index (χ1) is 15.9. The Hall–Kier alpha value is -1.52. The minimum Gasteiger partial charge on any atom is -0.389 e. The van der Waals surface area contributed by atoms with Crippen LogP contribution in [0.1, 0.15) is 65.2 Å². The number of rotatable bonds is 14.